The fourth-order valence-corrected chi connectivity index (χ4v) is 1.52. The van der Waals surface area contributed by atoms with Crippen molar-refractivity contribution in [3.05, 3.63) is 30.1 Å². The van der Waals surface area contributed by atoms with Gasteiger partial charge in [-0.25, -0.2) is 0 Å². The van der Waals surface area contributed by atoms with Crippen LogP contribution in [0.1, 0.15) is 38.3 Å². The lowest BCUT2D eigenvalue weighted by Gasteiger charge is -2.17. The SMILES string of the molecule is CCOC(=O)CC(NC(=O)CC)c1cccnc1. The Labute approximate surface area is 107 Å². The Morgan fingerprint density at radius 2 is 2.22 bits per heavy atom. The van der Waals surface area contributed by atoms with Gasteiger partial charge in [-0.2, -0.15) is 0 Å². The molecule has 1 atom stereocenters. The maximum atomic E-state index is 11.5. The van der Waals surface area contributed by atoms with E-state index in [9.17, 15) is 9.59 Å². The van der Waals surface area contributed by atoms with Crippen molar-refractivity contribution in [3.63, 3.8) is 0 Å². The summed E-state index contributed by atoms with van der Waals surface area (Å²) in [6.45, 7) is 3.85. The van der Waals surface area contributed by atoms with E-state index in [4.69, 9.17) is 4.74 Å². The number of amides is 1. The summed E-state index contributed by atoms with van der Waals surface area (Å²) in [6, 6.07) is 3.21. The maximum Gasteiger partial charge on any atom is 0.308 e. The molecule has 0 aliphatic rings. The second kappa shape index (κ2) is 7.42. The standard InChI is InChI=1S/C13H18N2O3/c1-3-12(16)15-11(8-13(17)18-4-2)10-6-5-7-14-9-10/h5-7,9,11H,3-4,8H2,1-2H3,(H,15,16). The van der Waals surface area contributed by atoms with Crippen LogP contribution in [-0.2, 0) is 14.3 Å². The van der Waals surface area contributed by atoms with E-state index in [-0.39, 0.29) is 24.3 Å². The largest absolute Gasteiger partial charge is 0.466 e. The summed E-state index contributed by atoms with van der Waals surface area (Å²) in [5.74, 6) is -0.434. The van der Waals surface area contributed by atoms with Gasteiger partial charge in [-0.05, 0) is 18.6 Å². The molecule has 0 fully saturated rings. The Kier molecular flexibility index (Phi) is 5.84. The molecule has 0 bridgehead atoms. The van der Waals surface area contributed by atoms with Crippen molar-refractivity contribution < 1.29 is 14.3 Å². The minimum atomic E-state index is -0.384. The third-order valence-electron chi connectivity index (χ3n) is 2.42. The molecule has 0 saturated heterocycles. The molecule has 1 heterocycles. The highest BCUT2D eigenvalue weighted by atomic mass is 16.5. The molecule has 5 heteroatoms. The van der Waals surface area contributed by atoms with Gasteiger partial charge in [0, 0.05) is 18.8 Å². The molecule has 0 spiro atoms. The Morgan fingerprint density at radius 3 is 2.78 bits per heavy atom. The van der Waals surface area contributed by atoms with Crippen LogP contribution in [-0.4, -0.2) is 23.5 Å². The third kappa shape index (κ3) is 4.53. The van der Waals surface area contributed by atoms with Crippen LogP contribution in [0.3, 0.4) is 0 Å². The smallest absolute Gasteiger partial charge is 0.308 e. The highest BCUT2D eigenvalue weighted by molar-refractivity contribution is 5.77. The van der Waals surface area contributed by atoms with Crippen molar-refractivity contribution in [3.8, 4) is 0 Å². The first-order valence-electron chi connectivity index (χ1n) is 6.02. The van der Waals surface area contributed by atoms with Gasteiger partial charge in [-0.15, -0.1) is 0 Å². The lowest BCUT2D eigenvalue weighted by Crippen LogP contribution is -2.30. The number of hydrogen-bond acceptors (Lipinski definition) is 4. The van der Waals surface area contributed by atoms with Gasteiger partial charge < -0.3 is 10.1 Å². The van der Waals surface area contributed by atoms with Gasteiger partial charge in [0.1, 0.15) is 0 Å². The van der Waals surface area contributed by atoms with Gasteiger partial charge in [0.2, 0.25) is 5.91 Å². The van der Waals surface area contributed by atoms with E-state index in [0.717, 1.165) is 5.56 Å². The first-order chi connectivity index (χ1) is 8.67. The average molecular weight is 250 g/mol. The van der Waals surface area contributed by atoms with Crippen molar-refractivity contribution in [1.82, 2.24) is 10.3 Å². The first kappa shape index (κ1) is 14.2. The molecule has 1 aromatic rings. The van der Waals surface area contributed by atoms with Crippen LogP contribution in [0.5, 0.6) is 0 Å². The molecule has 0 aliphatic carbocycles. The van der Waals surface area contributed by atoms with Crippen LogP contribution >= 0.6 is 0 Å². The zero-order chi connectivity index (χ0) is 13.4. The number of aromatic nitrogens is 1. The summed E-state index contributed by atoms with van der Waals surface area (Å²) < 4.78 is 4.90. The highest BCUT2D eigenvalue weighted by Gasteiger charge is 2.18. The van der Waals surface area contributed by atoms with Crippen molar-refractivity contribution >= 4 is 11.9 Å². The van der Waals surface area contributed by atoms with E-state index in [1.165, 1.54) is 0 Å². The zero-order valence-electron chi connectivity index (χ0n) is 10.7. The second-order valence-electron chi connectivity index (χ2n) is 3.77. The number of rotatable bonds is 6. The zero-order valence-corrected chi connectivity index (χ0v) is 10.7. The number of ether oxygens (including phenoxy) is 1. The Bertz CT molecular complexity index is 392. The van der Waals surface area contributed by atoms with Crippen molar-refractivity contribution in [2.24, 2.45) is 0 Å². The van der Waals surface area contributed by atoms with Gasteiger partial charge in [-0.3, -0.25) is 14.6 Å². The highest BCUT2D eigenvalue weighted by Crippen LogP contribution is 2.16. The predicted molar refractivity (Wildman–Crippen MR) is 66.7 cm³/mol. The fraction of sp³-hybridized carbons (Fsp3) is 0.462. The topological polar surface area (TPSA) is 68.3 Å². The molecule has 1 rings (SSSR count). The molecular weight excluding hydrogens is 232 g/mol. The molecule has 1 N–H and O–H groups in total. The van der Waals surface area contributed by atoms with Crippen LogP contribution in [0.4, 0.5) is 0 Å². The minimum absolute atomic E-state index is 0.104. The van der Waals surface area contributed by atoms with Gasteiger partial charge in [0.05, 0.1) is 19.1 Å². The monoisotopic (exact) mass is 250 g/mol. The molecule has 5 nitrogen and oxygen atoms in total. The fourth-order valence-electron chi connectivity index (χ4n) is 1.52. The average Bonchev–Trinajstić information content (AvgIpc) is 2.39. The van der Waals surface area contributed by atoms with Crippen molar-refractivity contribution in [2.75, 3.05) is 6.61 Å². The Balaban J connectivity index is 2.75. The number of carbonyl (C=O) groups excluding carboxylic acids is 2. The number of pyridine rings is 1. The molecule has 0 aromatic carbocycles. The lowest BCUT2D eigenvalue weighted by atomic mass is 10.1. The number of carbonyl (C=O) groups is 2. The molecule has 18 heavy (non-hydrogen) atoms. The normalized spacial score (nSPS) is 11.7. The van der Waals surface area contributed by atoms with Crippen LogP contribution in [0.2, 0.25) is 0 Å². The van der Waals surface area contributed by atoms with E-state index >= 15 is 0 Å². The van der Waals surface area contributed by atoms with Gasteiger partial charge in [0.25, 0.3) is 0 Å². The number of nitrogens with one attached hydrogen (secondary N) is 1. The molecule has 98 valence electrons. The molecule has 0 saturated carbocycles. The Morgan fingerprint density at radius 1 is 1.44 bits per heavy atom. The second-order valence-corrected chi connectivity index (χ2v) is 3.77. The van der Waals surface area contributed by atoms with Gasteiger partial charge in [0.15, 0.2) is 0 Å². The summed E-state index contributed by atoms with van der Waals surface area (Å²) in [6.07, 6.45) is 3.78. The summed E-state index contributed by atoms with van der Waals surface area (Å²) in [5, 5.41) is 2.79. The summed E-state index contributed by atoms with van der Waals surface area (Å²) >= 11 is 0. The summed E-state index contributed by atoms with van der Waals surface area (Å²) in [4.78, 5) is 26.9. The minimum Gasteiger partial charge on any atom is -0.466 e. The van der Waals surface area contributed by atoms with Crippen LogP contribution in [0.15, 0.2) is 24.5 Å². The molecule has 1 amide bonds. The van der Waals surface area contributed by atoms with E-state index in [1.54, 1.807) is 32.3 Å². The van der Waals surface area contributed by atoms with Crippen molar-refractivity contribution in [2.45, 2.75) is 32.7 Å². The third-order valence-corrected chi connectivity index (χ3v) is 2.42. The lowest BCUT2D eigenvalue weighted by molar-refractivity contribution is -0.143. The number of esters is 1. The molecular formula is C13H18N2O3. The number of nitrogens with zero attached hydrogens (tertiary/aromatic N) is 1. The van der Waals surface area contributed by atoms with Crippen LogP contribution < -0.4 is 5.32 Å². The molecule has 0 radical (unpaired) electrons. The molecule has 1 aromatic heterocycles. The van der Waals surface area contributed by atoms with Crippen LogP contribution in [0, 0.1) is 0 Å². The Hall–Kier alpha value is -1.91. The molecule has 0 aliphatic heterocycles. The summed E-state index contributed by atoms with van der Waals surface area (Å²) in [7, 11) is 0. The van der Waals surface area contributed by atoms with Crippen LogP contribution in [0.25, 0.3) is 0 Å². The van der Waals surface area contributed by atoms with Gasteiger partial charge >= 0.3 is 5.97 Å². The van der Waals surface area contributed by atoms with E-state index < -0.39 is 0 Å². The quantitative estimate of drug-likeness (QED) is 0.779. The van der Waals surface area contributed by atoms with E-state index in [1.807, 2.05) is 6.07 Å². The maximum absolute atomic E-state index is 11.5. The van der Waals surface area contributed by atoms with Gasteiger partial charge in [-0.1, -0.05) is 13.0 Å². The van der Waals surface area contributed by atoms with Crippen molar-refractivity contribution in [1.29, 1.82) is 0 Å². The predicted octanol–water partition coefficient (Wildman–Crippen LogP) is 1.60. The van der Waals surface area contributed by atoms with E-state index in [2.05, 4.69) is 10.3 Å². The first-order valence-corrected chi connectivity index (χ1v) is 6.02. The number of hydrogen-bond donors (Lipinski definition) is 1. The summed E-state index contributed by atoms with van der Waals surface area (Å²) in [5.41, 5.74) is 0.798. The molecule has 1 unspecified atom stereocenters. The van der Waals surface area contributed by atoms with E-state index in [0.29, 0.717) is 13.0 Å².